The Kier molecular flexibility index (Phi) is 9.33. The lowest BCUT2D eigenvalue weighted by atomic mass is 10.1. The molecule has 2 amide bonds. The fraction of sp³-hybridized carbons (Fsp3) is 0.462. The molecule has 36 heavy (non-hydrogen) atoms. The van der Waals surface area contributed by atoms with Crippen molar-refractivity contribution >= 4 is 27.7 Å². The quantitative estimate of drug-likeness (QED) is 0.495. The van der Waals surface area contributed by atoms with Gasteiger partial charge in [0.25, 0.3) is 0 Å². The Balaban J connectivity index is 1.91. The smallest absolute Gasteiger partial charge is 0.304 e. The van der Waals surface area contributed by atoms with Crippen molar-refractivity contribution in [2.75, 3.05) is 32.1 Å². The highest BCUT2D eigenvalue weighted by Crippen LogP contribution is 2.22. The van der Waals surface area contributed by atoms with Crippen LogP contribution < -0.4 is 14.4 Å². The SMILES string of the molecule is COc1cccc(CN(C(=O)CN(c2ccccc2)S(=O)(=O)N(C)C)[C@@H](C)C(=O)NC2CCCC2)c1. The molecule has 1 aliphatic carbocycles. The average molecular weight is 517 g/mol. The fourth-order valence-electron chi connectivity index (χ4n) is 4.25. The van der Waals surface area contributed by atoms with Crippen molar-refractivity contribution in [1.29, 1.82) is 0 Å². The number of benzene rings is 2. The van der Waals surface area contributed by atoms with Gasteiger partial charge in [-0.3, -0.25) is 9.59 Å². The lowest BCUT2D eigenvalue weighted by molar-refractivity contribution is -0.139. The van der Waals surface area contributed by atoms with Gasteiger partial charge in [0.1, 0.15) is 18.3 Å². The van der Waals surface area contributed by atoms with Gasteiger partial charge in [-0.2, -0.15) is 12.7 Å². The molecule has 1 saturated carbocycles. The van der Waals surface area contributed by atoms with Crippen molar-refractivity contribution in [3.8, 4) is 5.75 Å². The molecular formula is C26H36N4O5S. The van der Waals surface area contributed by atoms with Crippen molar-refractivity contribution in [1.82, 2.24) is 14.5 Å². The molecule has 10 heteroatoms. The van der Waals surface area contributed by atoms with E-state index in [1.54, 1.807) is 56.5 Å². The number of nitrogens with one attached hydrogen (secondary N) is 1. The molecule has 0 aliphatic heterocycles. The van der Waals surface area contributed by atoms with Crippen LogP contribution in [0.5, 0.6) is 5.75 Å². The maximum Gasteiger partial charge on any atom is 0.304 e. The number of carbonyl (C=O) groups is 2. The molecule has 0 saturated heterocycles. The monoisotopic (exact) mass is 516 g/mol. The second-order valence-electron chi connectivity index (χ2n) is 9.17. The maximum absolute atomic E-state index is 13.7. The second-order valence-corrected chi connectivity index (χ2v) is 11.2. The Labute approximate surface area is 214 Å². The van der Waals surface area contributed by atoms with Crippen LogP contribution >= 0.6 is 0 Å². The summed E-state index contributed by atoms with van der Waals surface area (Å²) < 4.78 is 33.7. The van der Waals surface area contributed by atoms with Crippen LogP contribution in [0.2, 0.25) is 0 Å². The number of anilines is 1. The van der Waals surface area contributed by atoms with E-state index >= 15 is 0 Å². The van der Waals surface area contributed by atoms with Crippen molar-refractivity contribution in [3.63, 3.8) is 0 Å². The standard InChI is InChI=1S/C26H36N4O5S/c1-20(26(32)27-22-12-8-9-13-22)29(18-21-11-10-16-24(17-21)35-4)25(31)19-30(36(33,34)28(2)3)23-14-6-5-7-15-23/h5-7,10-11,14-17,20,22H,8-9,12-13,18-19H2,1-4H3,(H,27,32)/t20-/m0/s1. The van der Waals surface area contributed by atoms with Crippen LogP contribution in [0, 0.1) is 0 Å². The van der Waals surface area contributed by atoms with Crippen LogP contribution in [0.15, 0.2) is 54.6 Å². The van der Waals surface area contributed by atoms with Crippen molar-refractivity contribution < 1.29 is 22.7 Å². The van der Waals surface area contributed by atoms with Gasteiger partial charge in [0.2, 0.25) is 11.8 Å². The first-order valence-corrected chi connectivity index (χ1v) is 13.5. The molecule has 9 nitrogen and oxygen atoms in total. The summed E-state index contributed by atoms with van der Waals surface area (Å²) in [6.45, 7) is 1.35. The van der Waals surface area contributed by atoms with Crippen molar-refractivity contribution in [2.45, 2.75) is 51.2 Å². The molecule has 1 atom stereocenters. The molecule has 0 spiro atoms. The molecule has 2 aromatic carbocycles. The zero-order valence-corrected chi connectivity index (χ0v) is 22.2. The minimum Gasteiger partial charge on any atom is -0.497 e. The number of hydrogen-bond acceptors (Lipinski definition) is 5. The van der Waals surface area contributed by atoms with Gasteiger partial charge >= 0.3 is 10.2 Å². The van der Waals surface area contributed by atoms with Crippen LogP contribution in [-0.4, -0.2) is 69.3 Å². The van der Waals surface area contributed by atoms with Gasteiger partial charge in [-0.15, -0.1) is 0 Å². The van der Waals surface area contributed by atoms with E-state index < -0.39 is 28.7 Å². The van der Waals surface area contributed by atoms with Crippen molar-refractivity contribution in [3.05, 3.63) is 60.2 Å². The van der Waals surface area contributed by atoms with E-state index in [0.29, 0.717) is 11.4 Å². The van der Waals surface area contributed by atoms with E-state index in [-0.39, 0.29) is 18.5 Å². The zero-order chi connectivity index (χ0) is 26.3. The number of amides is 2. The van der Waals surface area contributed by atoms with E-state index in [4.69, 9.17) is 4.74 Å². The molecule has 0 bridgehead atoms. The predicted molar refractivity (Wildman–Crippen MR) is 140 cm³/mol. The van der Waals surface area contributed by atoms with E-state index in [2.05, 4.69) is 5.32 Å². The first-order chi connectivity index (χ1) is 17.1. The normalized spacial score (nSPS) is 14.9. The zero-order valence-electron chi connectivity index (χ0n) is 21.4. The number of hydrogen-bond donors (Lipinski definition) is 1. The number of ether oxygens (including phenoxy) is 1. The molecule has 0 aromatic heterocycles. The number of rotatable bonds is 11. The Morgan fingerprint density at radius 2 is 1.72 bits per heavy atom. The molecule has 1 aliphatic rings. The molecule has 196 valence electrons. The fourth-order valence-corrected chi connectivity index (χ4v) is 5.31. The highest BCUT2D eigenvalue weighted by Gasteiger charge is 2.33. The van der Waals surface area contributed by atoms with Gasteiger partial charge < -0.3 is 15.0 Å². The lowest BCUT2D eigenvalue weighted by Gasteiger charge is -2.33. The predicted octanol–water partition coefficient (Wildman–Crippen LogP) is 2.78. The van der Waals surface area contributed by atoms with Crippen LogP contribution in [0.4, 0.5) is 5.69 Å². The minimum atomic E-state index is -3.97. The summed E-state index contributed by atoms with van der Waals surface area (Å²) in [7, 11) is 0.425. The minimum absolute atomic E-state index is 0.101. The number of nitrogens with zero attached hydrogens (tertiary/aromatic N) is 3. The van der Waals surface area contributed by atoms with Crippen LogP contribution in [0.3, 0.4) is 0 Å². The van der Waals surface area contributed by atoms with Gasteiger partial charge in [-0.05, 0) is 49.6 Å². The van der Waals surface area contributed by atoms with Crippen LogP contribution in [0.1, 0.15) is 38.2 Å². The summed E-state index contributed by atoms with van der Waals surface area (Å²) in [6.07, 6.45) is 3.98. The Hall–Kier alpha value is -3.11. The summed E-state index contributed by atoms with van der Waals surface area (Å²) >= 11 is 0. The topological polar surface area (TPSA) is 99.3 Å². The van der Waals surface area contributed by atoms with E-state index in [1.807, 2.05) is 12.1 Å². The molecular weight excluding hydrogens is 480 g/mol. The Morgan fingerprint density at radius 1 is 1.06 bits per heavy atom. The van der Waals surface area contributed by atoms with Gasteiger partial charge in [0, 0.05) is 26.7 Å². The Bertz CT molecular complexity index is 1130. The highest BCUT2D eigenvalue weighted by atomic mass is 32.2. The first-order valence-electron chi connectivity index (χ1n) is 12.1. The molecule has 0 heterocycles. The summed E-state index contributed by atoms with van der Waals surface area (Å²) in [6, 6.07) is 15.0. The third-order valence-electron chi connectivity index (χ3n) is 6.42. The Morgan fingerprint density at radius 3 is 2.33 bits per heavy atom. The lowest BCUT2D eigenvalue weighted by Crippen LogP contribution is -2.53. The van der Waals surface area contributed by atoms with Gasteiger partial charge in [0.15, 0.2) is 0 Å². The maximum atomic E-state index is 13.7. The number of para-hydroxylation sites is 1. The van der Waals surface area contributed by atoms with Crippen LogP contribution in [0.25, 0.3) is 0 Å². The third-order valence-corrected chi connectivity index (χ3v) is 8.24. The first kappa shape index (κ1) is 27.5. The molecule has 2 aromatic rings. The van der Waals surface area contributed by atoms with Crippen LogP contribution in [-0.2, 0) is 26.3 Å². The molecule has 1 N–H and O–H groups in total. The third kappa shape index (κ3) is 6.76. The van der Waals surface area contributed by atoms with Gasteiger partial charge in [-0.25, -0.2) is 4.31 Å². The molecule has 1 fully saturated rings. The highest BCUT2D eigenvalue weighted by molar-refractivity contribution is 7.90. The summed E-state index contributed by atoms with van der Waals surface area (Å²) in [5.41, 5.74) is 1.13. The van der Waals surface area contributed by atoms with E-state index in [0.717, 1.165) is 39.9 Å². The summed E-state index contributed by atoms with van der Waals surface area (Å²) in [4.78, 5) is 28.3. The summed E-state index contributed by atoms with van der Waals surface area (Å²) in [5, 5.41) is 3.06. The number of methoxy groups -OCH3 is 1. The van der Waals surface area contributed by atoms with E-state index in [9.17, 15) is 18.0 Å². The second kappa shape index (κ2) is 12.2. The largest absolute Gasteiger partial charge is 0.497 e. The molecule has 0 radical (unpaired) electrons. The summed E-state index contributed by atoms with van der Waals surface area (Å²) in [5.74, 6) is -0.106. The van der Waals surface area contributed by atoms with Crippen molar-refractivity contribution in [2.24, 2.45) is 0 Å². The molecule has 3 rings (SSSR count). The number of carbonyl (C=O) groups excluding carboxylic acids is 2. The van der Waals surface area contributed by atoms with E-state index in [1.165, 1.54) is 19.0 Å². The van der Waals surface area contributed by atoms with Gasteiger partial charge in [0.05, 0.1) is 12.8 Å². The van der Waals surface area contributed by atoms with Gasteiger partial charge in [-0.1, -0.05) is 43.2 Å². The molecule has 0 unspecified atom stereocenters. The average Bonchev–Trinajstić information content (AvgIpc) is 3.38.